The number of nitrogens with zero attached hydrogens (tertiary/aromatic N) is 2. The first-order chi connectivity index (χ1) is 9.43. The molecule has 0 amide bonds. The van der Waals surface area contributed by atoms with E-state index < -0.39 is 0 Å². The monoisotopic (exact) mass is 265 g/mol. The highest BCUT2D eigenvalue weighted by molar-refractivity contribution is 6.09. The third-order valence-electron chi connectivity index (χ3n) is 3.70. The second-order valence-electron chi connectivity index (χ2n) is 6.18. The maximum Gasteiger partial charge on any atom is 0.253 e. The highest BCUT2D eigenvalue weighted by atomic mass is 16.1. The van der Waals surface area contributed by atoms with Crippen LogP contribution in [-0.2, 0) is 17.3 Å². The lowest BCUT2D eigenvalue weighted by Crippen LogP contribution is -2.16. The van der Waals surface area contributed by atoms with Gasteiger partial charge in [-0.1, -0.05) is 39.0 Å². The van der Waals surface area contributed by atoms with Gasteiger partial charge in [-0.3, -0.25) is 4.79 Å². The third kappa shape index (κ3) is 1.73. The van der Waals surface area contributed by atoms with Crippen LogP contribution in [0.15, 0.2) is 30.3 Å². The lowest BCUT2D eigenvalue weighted by atomic mass is 9.90. The summed E-state index contributed by atoms with van der Waals surface area (Å²) in [5, 5.41) is 2.22. The highest BCUT2D eigenvalue weighted by Gasteiger charge is 2.23. The van der Waals surface area contributed by atoms with Gasteiger partial charge in [0.2, 0.25) is 0 Å². The first-order valence-corrected chi connectivity index (χ1v) is 6.70. The largest absolute Gasteiger partial charge is 0.342 e. The van der Waals surface area contributed by atoms with E-state index in [4.69, 9.17) is 0 Å². The van der Waals surface area contributed by atoms with Crippen molar-refractivity contribution in [3.8, 4) is 0 Å². The van der Waals surface area contributed by atoms with Gasteiger partial charge < -0.3 is 4.57 Å². The summed E-state index contributed by atoms with van der Waals surface area (Å²) in [7, 11) is 2.05. The van der Waals surface area contributed by atoms with E-state index in [0.717, 1.165) is 27.5 Å². The van der Waals surface area contributed by atoms with Crippen LogP contribution in [0, 0.1) is 0 Å². The molecular weight excluding hydrogens is 248 g/mol. The van der Waals surface area contributed by atoms with Gasteiger partial charge in [-0.2, -0.15) is 0 Å². The molecule has 20 heavy (non-hydrogen) atoms. The first kappa shape index (κ1) is 12.9. The Hall–Kier alpha value is -2.16. The molecular formula is C17H17N2O. The smallest absolute Gasteiger partial charge is 0.253 e. The molecule has 1 radical (unpaired) electrons. The number of hydrogen-bond donors (Lipinski definition) is 0. The van der Waals surface area contributed by atoms with Gasteiger partial charge >= 0.3 is 0 Å². The molecule has 0 atom stereocenters. The molecule has 0 aliphatic heterocycles. The SMILES string of the molecule is Cn1c2ccccc2c2cc([C]=O)nc(C(C)(C)C)c21. The fourth-order valence-corrected chi connectivity index (χ4v) is 2.77. The maximum absolute atomic E-state index is 11.1. The van der Waals surface area contributed by atoms with Crippen molar-refractivity contribution in [1.82, 2.24) is 9.55 Å². The van der Waals surface area contributed by atoms with Crippen LogP contribution in [-0.4, -0.2) is 15.8 Å². The molecule has 3 rings (SSSR count). The molecule has 0 fully saturated rings. The summed E-state index contributed by atoms with van der Waals surface area (Å²) < 4.78 is 2.16. The number of pyridine rings is 1. The number of carbonyl (C=O) groups excluding carboxylic acids is 1. The maximum atomic E-state index is 11.1. The summed E-state index contributed by atoms with van der Waals surface area (Å²) in [6, 6.07) is 10.0. The van der Waals surface area contributed by atoms with Crippen molar-refractivity contribution < 1.29 is 4.79 Å². The summed E-state index contributed by atoms with van der Waals surface area (Å²) in [5.41, 5.74) is 3.43. The van der Waals surface area contributed by atoms with E-state index in [0.29, 0.717) is 5.69 Å². The van der Waals surface area contributed by atoms with E-state index >= 15 is 0 Å². The van der Waals surface area contributed by atoms with Crippen LogP contribution in [0.5, 0.6) is 0 Å². The molecule has 0 aliphatic carbocycles. The molecule has 2 heterocycles. The van der Waals surface area contributed by atoms with Crippen molar-refractivity contribution in [1.29, 1.82) is 0 Å². The molecule has 0 bridgehead atoms. The van der Waals surface area contributed by atoms with Crippen LogP contribution >= 0.6 is 0 Å². The van der Waals surface area contributed by atoms with E-state index in [2.05, 4.69) is 42.5 Å². The van der Waals surface area contributed by atoms with Crippen molar-refractivity contribution in [3.63, 3.8) is 0 Å². The van der Waals surface area contributed by atoms with Crippen LogP contribution in [0.2, 0.25) is 0 Å². The van der Waals surface area contributed by atoms with Crippen LogP contribution in [0.3, 0.4) is 0 Å². The molecule has 0 spiro atoms. The summed E-state index contributed by atoms with van der Waals surface area (Å²) in [6.07, 6.45) is 1.94. The van der Waals surface area contributed by atoms with Gasteiger partial charge in [0.25, 0.3) is 6.29 Å². The van der Waals surface area contributed by atoms with E-state index in [1.807, 2.05) is 31.5 Å². The lowest BCUT2D eigenvalue weighted by Gasteiger charge is -2.20. The minimum Gasteiger partial charge on any atom is -0.342 e. The van der Waals surface area contributed by atoms with Crippen molar-refractivity contribution in [2.75, 3.05) is 0 Å². The van der Waals surface area contributed by atoms with Gasteiger partial charge in [-0.15, -0.1) is 0 Å². The lowest BCUT2D eigenvalue weighted by molar-refractivity contribution is 0.556. The Labute approximate surface area is 118 Å². The van der Waals surface area contributed by atoms with Crippen LogP contribution in [0.25, 0.3) is 21.8 Å². The number of fused-ring (bicyclic) bond motifs is 3. The Morgan fingerprint density at radius 2 is 1.85 bits per heavy atom. The van der Waals surface area contributed by atoms with Crippen molar-refractivity contribution >= 4 is 28.1 Å². The van der Waals surface area contributed by atoms with Gasteiger partial charge in [0.1, 0.15) is 5.69 Å². The summed E-state index contributed by atoms with van der Waals surface area (Å²) in [5.74, 6) is 0. The van der Waals surface area contributed by atoms with Crippen molar-refractivity contribution in [2.24, 2.45) is 7.05 Å². The van der Waals surface area contributed by atoms with Gasteiger partial charge in [-0.25, -0.2) is 4.98 Å². The quantitative estimate of drug-likeness (QED) is 0.675. The summed E-state index contributed by atoms with van der Waals surface area (Å²) >= 11 is 0. The van der Waals surface area contributed by atoms with E-state index in [1.165, 1.54) is 0 Å². The van der Waals surface area contributed by atoms with Crippen LogP contribution < -0.4 is 0 Å². The van der Waals surface area contributed by atoms with Crippen molar-refractivity contribution in [3.05, 3.63) is 41.7 Å². The minimum absolute atomic E-state index is 0.132. The molecule has 3 heteroatoms. The second-order valence-corrected chi connectivity index (χ2v) is 6.18. The standard InChI is InChI=1S/C17H17N2O/c1-17(2,3)16-15-13(9-11(10-20)18-16)12-7-5-6-8-14(12)19(15)4/h5-9H,1-4H3. The number of benzene rings is 1. The Bertz CT molecular complexity index is 822. The predicted molar refractivity (Wildman–Crippen MR) is 81.7 cm³/mol. The van der Waals surface area contributed by atoms with E-state index in [-0.39, 0.29) is 5.41 Å². The zero-order valence-corrected chi connectivity index (χ0v) is 12.2. The highest BCUT2D eigenvalue weighted by Crippen LogP contribution is 2.34. The van der Waals surface area contributed by atoms with Gasteiger partial charge in [0.05, 0.1) is 11.2 Å². The zero-order valence-electron chi connectivity index (χ0n) is 12.2. The molecule has 0 saturated heterocycles. The molecule has 0 saturated carbocycles. The third-order valence-corrected chi connectivity index (χ3v) is 3.70. The molecule has 0 unspecified atom stereocenters. The summed E-state index contributed by atoms with van der Waals surface area (Å²) in [4.78, 5) is 15.6. The average molecular weight is 265 g/mol. The van der Waals surface area contributed by atoms with Crippen molar-refractivity contribution in [2.45, 2.75) is 26.2 Å². The molecule has 101 valence electrons. The van der Waals surface area contributed by atoms with Crippen LogP contribution in [0.4, 0.5) is 0 Å². The number of para-hydroxylation sites is 1. The first-order valence-electron chi connectivity index (χ1n) is 6.70. The van der Waals surface area contributed by atoms with E-state index in [1.54, 1.807) is 0 Å². The normalized spacial score (nSPS) is 12.2. The average Bonchev–Trinajstić information content (AvgIpc) is 2.71. The van der Waals surface area contributed by atoms with Gasteiger partial charge in [-0.05, 0) is 12.1 Å². The minimum atomic E-state index is -0.132. The molecule has 2 aromatic heterocycles. The van der Waals surface area contributed by atoms with Gasteiger partial charge in [0.15, 0.2) is 0 Å². The zero-order chi connectivity index (χ0) is 14.5. The topological polar surface area (TPSA) is 34.9 Å². The Balaban J connectivity index is 2.59. The van der Waals surface area contributed by atoms with Gasteiger partial charge in [0, 0.05) is 28.8 Å². The number of aryl methyl sites for hydroxylation is 1. The molecule has 3 aromatic rings. The Morgan fingerprint density at radius 3 is 2.50 bits per heavy atom. The fraction of sp³-hybridized carbons (Fsp3) is 0.294. The van der Waals surface area contributed by atoms with E-state index in [9.17, 15) is 4.79 Å². The fourth-order valence-electron chi connectivity index (χ4n) is 2.77. The molecule has 0 N–H and O–H groups in total. The number of hydrogen-bond acceptors (Lipinski definition) is 2. The van der Waals surface area contributed by atoms with Crippen LogP contribution in [0.1, 0.15) is 32.2 Å². The molecule has 3 nitrogen and oxygen atoms in total. The number of rotatable bonds is 1. The Morgan fingerprint density at radius 1 is 1.15 bits per heavy atom. The molecule has 1 aromatic carbocycles. The molecule has 0 aliphatic rings. The predicted octanol–water partition coefficient (Wildman–Crippen LogP) is 3.48. The summed E-state index contributed by atoms with van der Waals surface area (Å²) in [6.45, 7) is 6.34. The Kier molecular flexibility index (Phi) is 2.68. The second kappa shape index (κ2) is 4.17. The number of aromatic nitrogens is 2.